The molecule has 3 rings (SSSR count). The van der Waals surface area contributed by atoms with Crippen molar-refractivity contribution in [2.45, 2.75) is 48.7 Å². The van der Waals surface area contributed by atoms with Gasteiger partial charge in [0.1, 0.15) is 0 Å². The van der Waals surface area contributed by atoms with Crippen LogP contribution in [0.5, 0.6) is 0 Å². The number of piperazine rings is 1. The number of likely N-dealkylation sites (N-methyl/N-ethyl adjacent to an activating group) is 1. The van der Waals surface area contributed by atoms with Crippen molar-refractivity contribution in [1.29, 1.82) is 0 Å². The number of hydrogen-bond donors (Lipinski definition) is 1. The van der Waals surface area contributed by atoms with Crippen molar-refractivity contribution in [2.24, 2.45) is 0 Å². The molecule has 0 spiro atoms. The summed E-state index contributed by atoms with van der Waals surface area (Å²) in [5, 5.41) is 3.72. The fourth-order valence-electron chi connectivity index (χ4n) is 3.83. The predicted molar refractivity (Wildman–Crippen MR) is 119 cm³/mol. The molecule has 1 amide bonds. The Labute approximate surface area is 179 Å². The summed E-state index contributed by atoms with van der Waals surface area (Å²) in [6.07, 6.45) is 7.66. The first-order chi connectivity index (χ1) is 14.0. The average Bonchev–Trinajstić information content (AvgIpc) is 2.74. The van der Waals surface area contributed by atoms with Crippen molar-refractivity contribution in [3.8, 4) is 0 Å². The van der Waals surface area contributed by atoms with Gasteiger partial charge in [-0.25, -0.2) is 8.42 Å². The molecule has 1 aliphatic carbocycles. The number of sulfonamides is 1. The molecule has 2 fully saturated rings. The van der Waals surface area contributed by atoms with Gasteiger partial charge in [0.25, 0.3) is 5.91 Å². The number of thioether (sulfide) groups is 1. The summed E-state index contributed by atoms with van der Waals surface area (Å²) in [5.41, 5.74) is 0.403. The summed E-state index contributed by atoms with van der Waals surface area (Å²) in [6, 6.07) is 6.40. The molecular weight excluding hydrogens is 406 g/mol. The minimum absolute atomic E-state index is 0.197. The highest BCUT2D eigenvalue weighted by Gasteiger charge is 2.27. The van der Waals surface area contributed by atoms with Crippen molar-refractivity contribution >= 4 is 27.7 Å². The van der Waals surface area contributed by atoms with Crippen molar-refractivity contribution < 1.29 is 13.2 Å². The predicted octanol–water partition coefficient (Wildman–Crippen LogP) is 2.81. The summed E-state index contributed by atoms with van der Waals surface area (Å²) >= 11 is 2.03. The molecule has 1 aromatic rings. The second-order valence-corrected chi connectivity index (χ2v) is 11.3. The van der Waals surface area contributed by atoms with E-state index in [1.165, 1.54) is 42.5 Å². The van der Waals surface area contributed by atoms with Gasteiger partial charge < -0.3 is 10.2 Å². The van der Waals surface area contributed by atoms with Crippen LogP contribution in [-0.4, -0.2) is 74.3 Å². The normalized spacial score (nSPS) is 19.9. The number of nitrogens with zero attached hydrogens (tertiary/aromatic N) is 2. The average molecular weight is 440 g/mol. The van der Waals surface area contributed by atoms with Crippen molar-refractivity contribution in [3.05, 3.63) is 29.8 Å². The maximum atomic E-state index is 12.9. The molecule has 29 heavy (non-hydrogen) atoms. The molecule has 0 unspecified atom stereocenters. The SMILES string of the molecule is CN1CCN(S(=O)(=O)c2cccc(C(=O)NCCCSC3CCCCC3)c2)CC1. The van der Waals surface area contributed by atoms with E-state index in [1.54, 1.807) is 18.2 Å². The van der Waals surface area contributed by atoms with Crippen LogP contribution in [0.2, 0.25) is 0 Å². The lowest BCUT2D eigenvalue weighted by molar-refractivity contribution is 0.0953. The Hall–Kier alpha value is -1.09. The number of benzene rings is 1. The first-order valence-electron chi connectivity index (χ1n) is 10.7. The minimum atomic E-state index is -3.56. The number of nitrogens with one attached hydrogen (secondary N) is 1. The molecule has 0 radical (unpaired) electrons. The quantitative estimate of drug-likeness (QED) is 0.631. The summed E-state index contributed by atoms with van der Waals surface area (Å²) in [6.45, 7) is 3.02. The van der Waals surface area contributed by atoms with Crippen LogP contribution in [0.25, 0.3) is 0 Å². The molecule has 6 nitrogen and oxygen atoms in total. The monoisotopic (exact) mass is 439 g/mol. The molecule has 1 aromatic carbocycles. The van der Waals surface area contributed by atoms with E-state index < -0.39 is 10.0 Å². The largest absolute Gasteiger partial charge is 0.352 e. The van der Waals surface area contributed by atoms with Crippen LogP contribution >= 0.6 is 11.8 Å². The zero-order valence-corrected chi connectivity index (χ0v) is 18.9. The molecular formula is C21H33N3O3S2. The molecule has 0 aromatic heterocycles. The Morgan fingerprint density at radius 3 is 2.59 bits per heavy atom. The maximum absolute atomic E-state index is 12.9. The van der Waals surface area contributed by atoms with E-state index in [2.05, 4.69) is 10.2 Å². The molecule has 1 saturated heterocycles. The molecule has 1 heterocycles. The number of amides is 1. The Morgan fingerprint density at radius 2 is 1.86 bits per heavy atom. The highest BCUT2D eigenvalue weighted by molar-refractivity contribution is 7.99. The first kappa shape index (κ1) is 22.6. The van der Waals surface area contributed by atoms with Crippen LogP contribution in [0.3, 0.4) is 0 Å². The summed E-state index contributed by atoms with van der Waals surface area (Å²) in [7, 11) is -1.57. The number of rotatable bonds is 8. The van der Waals surface area contributed by atoms with E-state index in [0.717, 1.165) is 30.5 Å². The van der Waals surface area contributed by atoms with Gasteiger partial charge in [0.2, 0.25) is 10.0 Å². The third kappa shape index (κ3) is 6.44. The lowest BCUT2D eigenvalue weighted by atomic mass is 10.0. The van der Waals surface area contributed by atoms with Gasteiger partial charge in [-0.15, -0.1) is 0 Å². The van der Waals surface area contributed by atoms with Crippen LogP contribution in [0, 0.1) is 0 Å². The second-order valence-electron chi connectivity index (χ2n) is 7.98. The molecule has 8 heteroatoms. The van der Waals surface area contributed by atoms with Crippen LogP contribution < -0.4 is 5.32 Å². The fourth-order valence-corrected chi connectivity index (χ4v) is 6.61. The van der Waals surface area contributed by atoms with E-state index in [0.29, 0.717) is 25.2 Å². The van der Waals surface area contributed by atoms with E-state index in [4.69, 9.17) is 0 Å². The Balaban J connectivity index is 1.48. The zero-order chi connectivity index (χ0) is 20.7. The van der Waals surface area contributed by atoms with E-state index in [1.807, 2.05) is 18.8 Å². The summed E-state index contributed by atoms with van der Waals surface area (Å²) < 4.78 is 27.3. The van der Waals surface area contributed by atoms with Crippen molar-refractivity contribution in [3.63, 3.8) is 0 Å². The standard InChI is InChI=1S/C21H33N3O3S2/c1-23-12-14-24(15-13-23)29(26,27)20-10-5-7-18(17-20)21(25)22-11-6-16-28-19-8-3-2-4-9-19/h5,7,10,17,19H,2-4,6,8-9,11-16H2,1H3,(H,22,25). The second kappa shape index (κ2) is 10.8. The summed E-state index contributed by atoms with van der Waals surface area (Å²) in [4.78, 5) is 14.8. The van der Waals surface area contributed by atoms with Gasteiger partial charge in [-0.3, -0.25) is 4.79 Å². The number of hydrogen-bond acceptors (Lipinski definition) is 5. The molecule has 1 aliphatic heterocycles. The van der Waals surface area contributed by atoms with Gasteiger partial charge in [-0.2, -0.15) is 16.1 Å². The van der Waals surface area contributed by atoms with E-state index >= 15 is 0 Å². The lowest BCUT2D eigenvalue weighted by Gasteiger charge is -2.31. The van der Waals surface area contributed by atoms with Gasteiger partial charge in [0.05, 0.1) is 4.90 Å². The van der Waals surface area contributed by atoms with E-state index in [-0.39, 0.29) is 10.8 Å². The van der Waals surface area contributed by atoms with Crippen LogP contribution in [0.1, 0.15) is 48.9 Å². The van der Waals surface area contributed by atoms with Gasteiger partial charge >= 0.3 is 0 Å². The third-order valence-electron chi connectivity index (χ3n) is 5.71. The third-order valence-corrected chi connectivity index (χ3v) is 9.07. The smallest absolute Gasteiger partial charge is 0.251 e. The molecule has 2 aliphatic rings. The van der Waals surface area contributed by atoms with Gasteiger partial charge in [-0.1, -0.05) is 25.3 Å². The number of carbonyl (C=O) groups is 1. The van der Waals surface area contributed by atoms with Gasteiger partial charge in [-0.05, 0) is 50.3 Å². The fraction of sp³-hybridized carbons (Fsp3) is 0.667. The first-order valence-corrected chi connectivity index (χ1v) is 13.1. The molecule has 1 saturated carbocycles. The van der Waals surface area contributed by atoms with E-state index in [9.17, 15) is 13.2 Å². The summed E-state index contributed by atoms with van der Waals surface area (Å²) in [5.74, 6) is 0.853. The van der Waals surface area contributed by atoms with Gasteiger partial charge in [0.15, 0.2) is 0 Å². The molecule has 0 bridgehead atoms. The van der Waals surface area contributed by atoms with Gasteiger partial charge in [0, 0.05) is 43.5 Å². The highest BCUT2D eigenvalue weighted by atomic mass is 32.2. The zero-order valence-electron chi connectivity index (χ0n) is 17.3. The lowest BCUT2D eigenvalue weighted by Crippen LogP contribution is -2.47. The topological polar surface area (TPSA) is 69.7 Å². The highest BCUT2D eigenvalue weighted by Crippen LogP contribution is 2.28. The Kier molecular flexibility index (Phi) is 8.41. The Bertz CT molecular complexity index is 771. The molecule has 162 valence electrons. The van der Waals surface area contributed by atoms with Crippen molar-refractivity contribution in [1.82, 2.24) is 14.5 Å². The Morgan fingerprint density at radius 1 is 1.14 bits per heavy atom. The van der Waals surface area contributed by atoms with Crippen molar-refractivity contribution in [2.75, 3.05) is 45.5 Å². The molecule has 1 N–H and O–H groups in total. The molecule has 0 atom stereocenters. The number of carbonyl (C=O) groups excluding carboxylic acids is 1. The minimum Gasteiger partial charge on any atom is -0.352 e. The van der Waals surface area contributed by atoms with Crippen LogP contribution in [0.4, 0.5) is 0 Å². The maximum Gasteiger partial charge on any atom is 0.251 e. The van der Waals surface area contributed by atoms with Crippen LogP contribution in [0.15, 0.2) is 29.2 Å². The van der Waals surface area contributed by atoms with Crippen LogP contribution in [-0.2, 0) is 10.0 Å².